The number of carbonyl (C=O) groups excluding carboxylic acids is 1. The van der Waals surface area contributed by atoms with Gasteiger partial charge in [-0.15, -0.1) is 0 Å². The highest BCUT2D eigenvalue weighted by Gasteiger charge is 2.18. The van der Waals surface area contributed by atoms with Gasteiger partial charge in [-0.2, -0.15) is 5.10 Å². The van der Waals surface area contributed by atoms with E-state index >= 15 is 0 Å². The van der Waals surface area contributed by atoms with Crippen molar-refractivity contribution in [3.8, 4) is 0 Å². The number of nitrogens with two attached hydrogens (primary N) is 1. The van der Waals surface area contributed by atoms with Crippen molar-refractivity contribution < 1.29 is 4.79 Å². The normalized spacial score (nSPS) is 10.8. The van der Waals surface area contributed by atoms with Gasteiger partial charge in [-0.25, -0.2) is 0 Å². The topological polar surface area (TPSA) is 60.9 Å². The second kappa shape index (κ2) is 5.97. The Morgan fingerprint density at radius 3 is 2.80 bits per heavy atom. The number of hydrogen-bond acceptors (Lipinski definition) is 3. The van der Waals surface area contributed by atoms with Crippen molar-refractivity contribution in [2.24, 2.45) is 7.05 Å². The van der Waals surface area contributed by atoms with Gasteiger partial charge in [0, 0.05) is 22.8 Å². The Labute approximate surface area is 131 Å². The molecule has 2 rings (SSSR count). The minimum absolute atomic E-state index is 0.0728. The number of benzene rings is 1. The predicted octanol–water partition coefficient (Wildman–Crippen LogP) is 3.41. The summed E-state index contributed by atoms with van der Waals surface area (Å²) in [5.74, 6) is -0.0728. The molecule has 0 radical (unpaired) electrons. The molecular formula is C14H15BrClN3O. The van der Waals surface area contributed by atoms with Crippen LogP contribution in [0.2, 0.25) is 5.02 Å². The highest BCUT2D eigenvalue weighted by atomic mass is 79.9. The molecule has 2 aromatic rings. The van der Waals surface area contributed by atoms with Gasteiger partial charge in [-0.05, 0) is 24.6 Å². The van der Waals surface area contributed by atoms with E-state index in [1.54, 1.807) is 29.9 Å². The number of nitrogens with zero attached hydrogens (tertiary/aromatic N) is 2. The average molecular weight is 357 g/mol. The van der Waals surface area contributed by atoms with Gasteiger partial charge < -0.3 is 5.73 Å². The summed E-state index contributed by atoms with van der Waals surface area (Å²) in [4.78, 5) is 12.4. The van der Waals surface area contributed by atoms with Crippen LogP contribution in [0.25, 0.3) is 0 Å². The Balaban J connectivity index is 2.33. The van der Waals surface area contributed by atoms with Gasteiger partial charge in [0.15, 0.2) is 5.78 Å². The fourth-order valence-corrected chi connectivity index (χ4v) is 2.75. The molecule has 0 aliphatic carbocycles. The van der Waals surface area contributed by atoms with Crippen molar-refractivity contribution in [3.63, 3.8) is 0 Å². The average Bonchev–Trinajstić information content (AvgIpc) is 2.68. The monoisotopic (exact) mass is 355 g/mol. The summed E-state index contributed by atoms with van der Waals surface area (Å²) in [5.41, 5.74) is 8.33. The summed E-state index contributed by atoms with van der Waals surface area (Å²) in [6, 6.07) is 5.24. The first-order valence-electron chi connectivity index (χ1n) is 6.22. The largest absolute Gasteiger partial charge is 0.398 e. The van der Waals surface area contributed by atoms with Crippen LogP contribution in [0.15, 0.2) is 22.7 Å². The Bertz CT molecular complexity index is 667. The maximum absolute atomic E-state index is 12.4. The first-order chi connectivity index (χ1) is 9.43. The third-order valence-electron chi connectivity index (χ3n) is 3.15. The molecule has 0 spiro atoms. The van der Waals surface area contributed by atoms with E-state index in [0.29, 0.717) is 22.0 Å². The zero-order valence-electron chi connectivity index (χ0n) is 11.3. The van der Waals surface area contributed by atoms with E-state index in [4.69, 9.17) is 17.3 Å². The van der Waals surface area contributed by atoms with Gasteiger partial charge in [0.25, 0.3) is 0 Å². The van der Waals surface area contributed by atoms with Crippen molar-refractivity contribution in [2.75, 3.05) is 5.73 Å². The summed E-state index contributed by atoms with van der Waals surface area (Å²) < 4.78 is 2.48. The van der Waals surface area contributed by atoms with Crippen LogP contribution in [-0.2, 0) is 19.9 Å². The minimum Gasteiger partial charge on any atom is -0.398 e. The number of nitrogen functional groups attached to an aromatic ring is 1. The van der Waals surface area contributed by atoms with Crippen molar-refractivity contribution in [1.29, 1.82) is 0 Å². The maximum Gasteiger partial charge on any atom is 0.170 e. The van der Waals surface area contributed by atoms with Crippen LogP contribution in [0, 0.1) is 0 Å². The number of carbonyl (C=O) groups is 1. The van der Waals surface area contributed by atoms with Crippen LogP contribution in [0.3, 0.4) is 0 Å². The molecule has 1 aromatic carbocycles. The molecular weight excluding hydrogens is 342 g/mol. The Morgan fingerprint density at radius 1 is 1.50 bits per heavy atom. The van der Waals surface area contributed by atoms with E-state index in [-0.39, 0.29) is 12.2 Å². The molecule has 106 valence electrons. The van der Waals surface area contributed by atoms with Gasteiger partial charge in [0.2, 0.25) is 0 Å². The molecule has 2 N–H and O–H groups in total. The van der Waals surface area contributed by atoms with Crippen molar-refractivity contribution in [2.45, 2.75) is 19.8 Å². The van der Waals surface area contributed by atoms with Crippen LogP contribution < -0.4 is 5.73 Å². The van der Waals surface area contributed by atoms with Crippen LogP contribution in [-0.4, -0.2) is 15.6 Å². The van der Waals surface area contributed by atoms with E-state index in [0.717, 1.165) is 16.6 Å². The van der Waals surface area contributed by atoms with Crippen LogP contribution >= 0.6 is 27.5 Å². The summed E-state index contributed by atoms with van der Waals surface area (Å²) in [7, 11) is 1.79. The second-order valence-electron chi connectivity index (χ2n) is 4.52. The first-order valence-corrected chi connectivity index (χ1v) is 7.39. The lowest BCUT2D eigenvalue weighted by Crippen LogP contribution is -2.10. The van der Waals surface area contributed by atoms with Crippen molar-refractivity contribution in [3.05, 3.63) is 44.6 Å². The number of ketones is 1. The summed E-state index contributed by atoms with van der Waals surface area (Å²) in [5, 5.41) is 4.87. The standard InChI is InChI=1S/C14H15BrClN3O/c1-3-11-14(16)12(19(2)18-11)7-13(20)9-6-8(15)4-5-10(9)17/h4-6H,3,7,17H2,1-2H3. The van der Waals surface area contributed by atoms with E-state index in [9.17, 15) is 4.79 Å². The molecule has 0 aliphatic rings. The van der Waals surface area contributed by atoms with Gasteiger partial charge in [0.1, 0.15) is 0 Å². The molecule has 4 nitrogen and oxygen atoms in total. The molecule has 1 heterocycles. The van der Waals surface area contributed by atoms with Gasteiger partial charge in [-0.3, -0.25) is 9.48 Å². The van der Waals surface area contributed by atoms with E-state index < -0.39 is 0 Å². The molecule has 20 heavy (non-hydrogen) atoms. The molecule has 0 fully saturated rings. The number of aryl methyl sites for hydroxylation is 2. The number of rotatable bonds is 4. The highest BCUT2D eigenvalue weighted by Crippen LogP contribution is 2.24. The minimum atomic E-state index is -0.0728. The number of anilines is 1. The smallest absolute Gasteiger partial charge is 0.170 e. The van der Waals surface area contributed by atoms with E-state index in [1.807, 2.05) is 6.92 Å². The SMILES string of the molecule is CCc1nn(C)c(CC(=O)c2cc(Br)ccc2N)c1Cl. The summed E-state index contributed by atoms with van der Waals surface area (Å²) in [6.07, 6.45) is 0.920. The van der Waals surface area contributed by atoms with Gasteiger partial charge in [-0.1, -0.05) is 34.5 Å². The van der Waals surface area contributed by atoms with E-state index in [2.05, 4.69) is 21.0 Å². The lowest BCUT2D eigenvalue weighted by atomic mass is 10.0. The van der Waals surface area contributed by atoms with Crippen molar-refractivity contribution >= 4 is 39.0 Å². The zero-order chi connectivity index (χ0) is 14.9. The van der Waals surface area contributed by atoms with Gasteiger partial charge >= 0.3 is 0 Å². The fraction of sp³-hybridized carbons (Fsp3) is 0.286. The fourth-order valence-electron chi connectivity index (χ4n) is 2.03. The van der Waals surface area contributed by atoms with E-state index in [1.165, 1.54) is 0 Å². The Kier molecular flexibility index (Phi) is 4.50. The molecule has 0 saturated heterocycles. The molecule has 0 atom stereocenters. The molecule has 0 unspecified atom stereocenters. The molecule has 0 bridgehead atoms. The molecule has 6 heteroatoms. The predicted molar refractivity (Wildman–Crippen MR) is 84.2 cm³/mol. The third-order valence-corrected chi connectivity index (χ3v) is 4.08. The lowest BCUT2D eigenvalue weighted by Gasteiger charge is -2.06. The summed E-state index contributed by atoms with van der Waals surface area (Å²) in [6.45, 7) is 1.98. The quantitative estimate of drug-likeness (QED) is 0.674. The lowest BCUT2D eigenvalue weighted by molar-refractivity contribution is 0.0991. The number of Topliss-reactive ketones (excluding diaryl/α,β-unsaturated/α-hetero) is 1. The second-order valence-corrected chi connectivity index (χ2v) is 5.81. The van der Waals surface area contributed by atoms with Crippen LogP contribution in [0.5, 0.6) is 0 Å². The van der Waals surface area contributed by atoms with Crippen LogP contribution in [0.1, 0.15) is 28.7 Å². The Morgan fingerprint density at radius 2 is 2.20 bits per heavy atom. The van der Waals surface area contributed by atoms with Gasteiger partial charge in [0.05, 0.1) is 22.8 Å². The number of aromatic nitrogens is 2. The summed E-state index contributed by atoms with van der Waals surface area (Å²) >= 11 is 9.60. The molecule has 0 aliphatic heterocycles. The van der Waals surface area contributed by atoms with Crippen LogP contribution in [0.4, 0.5) is 5.69 Å². The molecule has 0 amide bonds. The maximum atomic E-state index is 12.4. The third kappa shape index (κ3) is 2.88. The van der Waals surface area contributed by atoms with Crippen molar-refractivity contribution in [1.82, 2.24) is 9.78 Å². The first kappa shape index (κ1) is 15.1. The Hall–Kier alpha value is -1.33. The molecule has 0 saturated carbocycles. The number of halogens is 2. The zero-order valence-corrected chi connectivity index (χ0v) is 13.6. The molecule has 1 aromatic heterocycles. The number of hydrogen-bond donors (Lipinski definition) is 1. The highest BCUT2D eigenvalue weighted by molar-refractivity contribution is 9.10.